The molecule has 0 aliphatic carbocycles. The molecule has 7 heteroatoms. The SMILES string of the molecule is CCn1ncc(Br)c1C(NN)c1cc(F)ccc1F. The number of nitrogens with one attached hydrogen (secondary N) is 1. The van der Waals surface area contributed by atoms with Crippen molar-refractivity contribution in [1.29, 1.82) is 0 Å². The lowest BCUT2D eigenvalue weighted by molar-refractivity contribution is 0.508. The summed E-state index contributed by atoms with van der Waals surface area (Å²) in [6.45, 7) is 2.49. The first-order chi connectivity index (χ1) is 9.08. The summed E-state index contributed by atoms with van der Waals surface area (Å²) in [7, 11) is 0. The highest BCUT2D eigenvalue weighted by molar-refractivity contribution is 9.10. The molecule has 4 nitrogen and oxygen atoms in total. The molecule has 0 fully saturated rings. The zero-order valence-corrected chi connectivity index (χ0v) is 11.8. The highest BCUT2D eigenvalue weighted by Crippen LogP contribution is 2.29. The fraction of sp³-hybridized carbons (Fsp3) is 0.250. The average Bonchev–Trinajstić information content (AvgIpc) is 2.76. The Kier molecular flexibility index (Phi) is 4.28. The molecule has 0 spiro atoms. The van der Waals surface area contributed by atoms with E-state index in [0.717, 1.165) is 18.2 Å². The second kappa shape index (κ2) is 5.77. The van der Waals surface area contributed by atoms with Gasteiger partial charge in [0.15, 0.2) is 0 Å². The summed E-state index contributed by atoms with van der Waals surface area (Å²) in [5.41, 5.74) is 3.29. The number of rotatable bonds is 4. The zero-order chi connectivity index (χ0) is 14.0. The predicted molar refractivity (Wildman–Crippen MR) is 71.1 cm³/mol. The number of aryl methyl sites for hydroxylation is 1. The monoisotopic (exact) mass is 330 g/mol. The van der Waals surface area contributed by atoms with Gasteiger partial charge in [-0.05, 0) is 41.1 Å². The summed E-state index contributed by atoms with van der Waals surface area (Å²) in [6, 6.07) is 2.58. The Labute approximate surface area is 117 Å². The molecule has 19 heavy (non-hydrogen) atoms. The predicted octanol–water partition coefficient (Wildman–Crippen LogP) is 2.50. The molecular formula is C12H13BrF2N4. The Hall–Kier alpha value is -1.31. The lowest BCUT2D eigenvalue weighted by Crippen LogP contribution is -2.31. The molecule has 1 aromatic heterocycles. The van der Waals surface area contributed by atoms with E-state index in [0.29, 0.717) is 16.7 Å². The second-order valence-electron chi connectivity index (χ2n) is 3.96. The van der Waals surface area contributed by atoms with Crippen LogP contribution in [0.4, 0.5) is 8.78 Å². The molecule has 0 saturated heterocycles. The van der Waals surface area contributed by atoms with Crippen molar-refractivity contribution in [2.75, 3.05) is 0 Å². The third-order valence-electron chi connectivity index (χ3n) is 2.84. The van der Waals surface area contributed by atoms with E-state index in [-0.39, 0.29) is 5.56 Å². The van der Waals surface area contributed by atoms with Crippen molar-refractivity contribution >= 4 is 15.9 Å². The van der Waals surface area contributed by atoms with E-state index in [1.807, 2.05) is 6.92 Å². The topological polar surface area (TPSA) is 55.9 Å². The van der Waals surface area contributed by atoms with Gasteiger partial charge >= 0.3 is 0 Å². The highest BCUT2D eigenvalue weighted by Gasteiger charge is 2.23. The summed E-state index contributed by atoms with van der Waals surface area (Å²) in [5.74, 6) is 4.46. The van der Waals surface area contributed by atoms with Crippen LogP contribution in [0.2, 0.25) is 0 Å². The molecule has 0 aliphatic heterocycles. The maximum atomic E-state index is 13.9. The molecule has 3 N–H and O–H groups in total. The highest BCUT2D eigenvalue weighted by atomic mass is 79.9. The van der Waals surface area contributed by atoms with Gasteiger partial charge in [-0.1, -0.05) is 0 Å². The Bertz CT molecular complexity index is 585. The van der Waals surface area contributed by atoms with Gasteiger partial charge in [0.2, 0.25) is 0 Å². The quantitative estimate of drug-likeness (QED) is 0.669. The van der Waals surface area contributed by atoms with E-state index < -0.39 is 17.7 Å². The molecular weight excluding hydrogens is 318 g/mol. The van der Waals surface area contributed by atoms with Crippen LogP contribution >= 0.6 is 15.9 Å². The summed E-state index contributed by atoms with van der Waals surface area (Å²) in [6.07, 6.45) is 1.60. The summed E-state index contributed by atoms with van der Waals surface area (Å²) < 4.78 is 29.5. The van der Waals surface area contributed by atoms with Crippen molar-refractivity contribution in [2.45, 2.75) is 19.5 Å². The largest absolute Gasteiger partial charge is 0.271 e. The van der Waals surface area contributed by atoms with Gasteiger partial charge in [0, 0.05) is 12.1 Å². The van der Waals surface area contributed by atoms with E-state index >= 15 is 0 Å². The smallest absolute Gasteiger partial charge is 0.128 e. The van der Waals surface area contributed by atoms with Crippen LogP contribution in [0.3, 0.4) is 0 Å². The van der Waals surface area contributed by atoms with Crippen LogP contribution in [0.15, 0.2) is 28.9 Å². The van der Waals surface area contributed by atoms with Crippen LogP contribution in [0.5, 0.6) is 0 Å². The lowest BCUT2D eigenvalue weighted by atomic mass is 10.0. The third-order valence-corrected chi connectivity index (χ3v) is 3.45. The normalized spacial score (nSPS) is 12.7. The fourth-order valence-electron chi connectivity index (χ4n) is 1.96. The van der Waals surface area contributed by atoms with Crippen molar-refractivity contribution in [2.24, 2.45) is 5.84 Å². The van der Waals surface area contributed by atoms with Crippen LogP contribution < -0.4 is 11.3 Å². The first-order valence-electron chi connectivity index (χ1n) is 5.70. The van der Waals surface area contributed by atoms with Gasteiger partial charge in [0.05, 0.1) is 22.4 Å². The molecule has 1 unspecified atom stereocenters. The van der Waals surface area contributed by atoms with Gasteiger partial charge in [-0.2, -0.15) is 5.10 Å². The number of hydrogen-bond acceptors (Lipinski definition) is 3. The third kappa shape index (κ3) is 2.68. The molecule has 0 bridgehead atoms. The fourth-order valence-corrected chi connectivity index (χ4v) is 2.49. The van der Waals surface area contributed by atoms with E-state index in [9.17, 15) is 8.78 Å². The molecule has 1 atom stereocenters. The molecule has 0 radical (unpaired) electrons. The molecule has 2 aromatic rings. The number of aromatic nitrogens is 2. The van der Waals surface area contributed by atoms with Crippen LogP contribution in [0, 0.1) is 11.6 Å². The van der Waals surface area contributed by atoms with Gasteiger partial charge in [0.1, 0.15) is 11.6 Å². The number of halogens is 3. The van der Waals surface area contributed by atoms with Crippen molar-refractivity contribution < 1.29 is 8.78 Å². The van der Waals surface area contributed by atoms with E-state index in [4.69, 9.17) is 5.84 Å². The first kappa shape index (κ1) is 14.1. The summed E-state index contributed by atoms with van der Waals surface area (Å²) in [4.78, 5) is 0. The molecule has 1 heterocycles. The lowest BCUT2D eigenvalue weighted by Gasteiger charge is -2.19. The molecule has 0 aliphatic rings. The van der Waals surface area contributed by atoms with E-state index in [1.165, 1.54) is 0 Å². The standard InChI is InChI=1S/C12H13BrF2N4/c1-2-19-12(9(13)6-17-19)11(18-16)8-5-7(14)3-4-10(8)15/h3-6,11,18H,2,16H2,1H3. The van der Waals surface area contributed by atoms with Crippen LogP contribution in [0.25, 0.3) is 0 Å². The Morgan fingerprint density at radius 1 is 1.47 bits per heavy atom. The minimum atomic E-state index is -0.687. The summed E-state index contributed by atoms with van der Waals surface area (Å²) >= 11 is 3.34. The van der Waals surface area contributed by atoms with E-state index in [2.05, 4.69) is 26.5 Å². The van der Waals surface area contributed by atoms with E-state index in [1.54, 1.807) is 10.9 Å². The summed E-state index contributed by atoms with van der Waals surface area (Å²) in [5, 5.41) is 4.14. The van der Waals surface area contributed by atoms with Crippen molar-refractivity contribution in [3.05, 3.63) is 51.8 Å². The number of nitrogens with zero attached hydrogens (tertiary/aromatic N) is 2. The number of benzene rings is 1. The maximum absolute atomic E-state index is 13.9. The maximum Gasteiger partial charge on any atom is 0.128 e. The van der Waals surface area contributed by atoms with Crippen molar-refractivity contribution in [3.63, 3.8) is 0 Å². The molecule has 1 aromatic carbocycles. The van der Waals surface area contributed by atoms with Gasteiger partial charge in [-0.3, -0.25) is 10.5 Å². The number of hydrogen-bond donors (Lipinski definition) is 2. The Morgan fingerprint density at radius 3 is 2.84 bits per heavy atom. The number of hydrazine groups is 1. The van der Waals surface area contributed by atoms with Crippen LogP contribution in [-0.2, 0) is 6.54 Å². The van der Waals surface area contributed by atoms with Gasteiger partial charge in [-0.15, -0.1) is 0 Å². The Morgan fingerprint density at radius 2 is 2.21 bits per heavy atom. The van der Waals surface area contributed by atoms with Gasteiger partial charge < -0.3 is 0 Å². The average molecular weight is 331 g/mol. The molecule has 0 amide bonds. The molecule has 0 saturated carbocycles. The minimum absolute atomic E-state index is 0.137. The minimum Gasteiger partial charge on any atom is -0.271 e. The Balaban J connectivity index is 2.56. The van der Waals surface area contributed by atoms with Crippen molar-refractivity contribution in [1.82, 2.24) is 15.2 Å². The second-order valence-corrected chi connectivity index (χ2v) is 4.81. The molecule has 2 rings (SSSR count). The van der Waals surface area contributed by atoms with Crippen LogP contribution in [-0.4, -0.2) is 9.78 Å². The van der Waals surface area contributed by atoms with Gasteiger partial charge in [0.25, 0.3) is 0 Å². The number of nitrogens with two attached hydrogens (primary N) is 1. The first-order valence-corrected chi connectivity index (χ1v) is 6.50. The zero-order valence-electron chi connectivity index (χ0n) is 10.2. The molecule has 102 valence electrons. The van der Waals surface area contributed by atoms with Gasteiger partial charge in [-0.25, -0.2) is 14.2 Å². The van der Waals surface area contributed by atoms with Crippen molar-refractivity contribution in [3.8, 4) is 0 Å². The van der Waals surface area contributed by atoms with Crippen LogP contribution in [0.1, 0.15) is 24.2 Å².